The number of allylic oxidation sites excluding steroid dienone is 2. The summed E-state index contributed by atoms with van der Waals surface area (Å²) in [5.74, 6) is 0.211. The number of hydrogen-bond acceptors (Lipinski definition) is 0. The summed E-state index contributed by atoms with van der Waals surface area (Å²) >= 11 is 0. The Balaban J connectivity index is 2.53. The maximum atomic E-state index is 3.64. The molecule has 2 rings (SSSR count). The smallest absolute Gasteiger partial charge is 0.0656 e. The highest BCUT2D eigenvalue weighted by atomic mass is 28.3. The summed E-state index contributed by atoms with van der Waals surface area (Å²) < 4.78 is 0. The lowest BCUT2D eigenvalue weighted by atomic mass is 9.81. The van der Waals surface area contributed by atoms with E-state index in [4.69, 9.17) is 0 Å². The van der Waals surface area contributed by atoms with Gasteiger partial charge in [-0.1, -0.05) is 111 Å². The Morgan fingerprint density at radius 1 is 0.538 bits per heavy atom. The molecule has 0 saturated heterocycles. The summed E-state index contributed by atoms with van der Waals surface area (Å²) in [5, 5.41) is 0. The first-order chi connectivity index (χ1) is 12.2. The van der Waals surface area contributed by atoms with Crippen LogP contribution in [0.3, 0.4) is 0 Å². The van der Waals surface area contributed by atoms with E-state index in [1.54, 1.807) is 0 Å². The Bertz CT molecular complexity index is 651. The second-order valence-electron chi connectivity index (χ2n) is 8.82. The zero-order chi connectivity index (χ0) is 19.2. The third-order valence-electron chi connectivity index (χ3n) is 3.86. The normalized spacial score (nSPS) is 15.5. The van der Waals surface area contributed by atoms with Crippen molar-refractivity contribution >= 4 is 16.1 Å². The van der Waals surface area contributed by atoms with E-state index in [9.17, 15) is 0 Å². The largest absolute Gasteiger partial charge is 0.0778 e. The Labute approximate surface area is 162 Å². The van der Waals surface area contributed by atoms with E-state index in [0.717, 1.165) is 0 Å². The molecule has 0 aliphatic rings. The first kappa shape index (κ1) is 20.7. The Morgan fingerprint density at radius 3 is 1.12 bits per heavy atom. The van der Waals surface area contributed by atoms with Crippen LogP contribution in [0, 0.1) is 23.6 Å². The molecule has 2 atom stereocenters. The van der Waals surface area contributed by atoms with E-state index in [0.29, 0.717) is 0 Å². The molecule has 26 heavy (non-hydrogen) atoms. The fourth-order valence-corrected chi connectivity index (χ4v) is 3.80. The predicted octanol–water partition coefficient (Wildman–Crippen LogP) is 6.63. The molecule has 2 heteroatoms. The van der Waals surface area contributed by atoms with E-state index in [1.807, 2.05) is 0 Å². The van der Waals surface area contributed by atoms with Crippen LogP contribution in [0.2, 0.25) is 39.3 Å². The van der Waals surface area contributed by atoms with Crippen LogP contribution in [-0.4, -0.2) is 16.1 Å². The highest BCUT2D eigenvalue weighted by Crippen LogP contribution is 2.35. The SMILES string of the molecule is C[Si](C)(C)[C]=[C][C@@H](c1ccccc1)[C@@H]([C]=[C][Si](C)(C)C)c1ccccc1. The summed E-state index contributed by atoms with van der Waals surface area (Å²) in [4.78, 5) is 0. The van der Waals surface area contributed by atoms with Gasteiger partial charge in [-0.15, -0.1) is 0 Å². The zero-order valence-electron chi connectivity index (χ0n) is 16.9. The average molecular weight is 375 g/mol. The lowest BCUT2D eigenvalue weighted by Crippen LogP contribution is -2.20. The molecule has 0 amide bonds. The molecule has 0 unspecified atom stereocenters. The maximum absolute atomic E-state index is 3.64. The fraction of sp³-hybridized carbons (Fsp3) is 0.333. The van der Waals surface area contributed by atoms with Gasteiger partial charge in [0.15, 0.2) is 0 Å². The molecule has 0 fully saturated rings. The number of hydrogen-bond donors (Lipinski definition) is 0. The molecular weight excluding hydrogens is 344 g/mol. The first-order valence-electron chi connectivity index (χ1n) is 9.31. The van der Waals surface area contributed by atoms with Gasteiger partial charge in [0.1, 0.15) is 0 Å². The first-order valence-corrected chi connectivity index (χ1v) is 16.3. The van der Waals surface area contributed by atoms with Crippen molar-refractivity contribution in [2.24, 2.45) is 0 Å². The van der Waals surface area contributed by atoms with Gasteiger partial charge in [0, 0.05) is 11.8 Å². The molecule has 4 radical (unpaired) electrons. The summed E-state index contributed by atoms with van der Waals surface area (Å²) in [6.45, 7) is 13.8. The van der Waals surface area contributed by atoms with Crippen molar-refractivity contribution in [2.45, 2.75) is 51.1 Å². The van der Waals surface area contributed by atoms with Crippen molar-refractivity contribution in [3.8, 4) is 0 Å². The van der Waals surface area contributed by atoms with Crippen molar-refractivity contribution < 1.29 is 0 Å². The van der Waals surface area contributed by atoms with Crippen molar-refractivity contribution in [1.29, 1.82) is 0 Å². The average Bonchev–Trinajstić information content (AvgIpc) is 2.57. The van der Waals surface area contributed by atoms with Gasteiger partial charge in [-0.3, -0.25) is 0 Å². The molecule has 2 aromatic rings. The monoisotopic (exact) mass is 374 g/mol. The molecule has 0 heterocycles. The molecular formula is C24H30Si2. The quantitative estimate of drug-likeness (QED) is 0.477. The predicted molar refractivity (Wildman–Crippen MR) is 118 cm³/mol. The second kappa shape index (κ2) is 8.83. The molecule has 0 nitrogen and oxygen atoms in total. The molecule has 0 spiro atoms. The van der Waals surface area contributed by atoms with Gasteiger partial charge >= 0.3 is 0 Å². The lowest BCUT2D eigenvalue weighted by molar-refractivity contribution is 0.704. The Kier molecular flexibility index (Phi) is 7.02. The topological polar surface area (TPSA) is 0 Å². The van der Waals surface area contributed by atoms with E-state index >= 15 is 0 Å². The summed E-state index contributed by atoms with van der Waals surface area (Å²) in [5.41, 5.74) is 9.72. The molecule has 0 saturated carbocycles. The van der Waals surface area contributed by atoms with E-state index in [-0.39, 0.29) is 11.8 Å². The Morgan fingerprint density at radius 2 is 0.846 bits per heavy atom. The van der Waals surface area contributed by atoms with Crippen LogP contribution >= 0.6 is 0 Å². The second-order valence-corrected chi connectivity index (χ2v) is 18.3. The zero-order valence-corrected chi connectivity index (χ0v) is 18.9. The third kappa shape index (κ3) is 6.93. The molecule has 0 bridgehead atoms. The van der Waals surface area contributed by atoms with Crippen LogP contribution in [0.4, 0.5) is 0 Å². The minimum atomic E-state index is -1.46. The fourth-order valence-electron chi connectivity index (χ4n) is 2.63. The van der Waals surface area contributed by atoms with Crippen LogP contribution in [-0.2, 0) is 0 Å². The minimum absolute atomic E-state index is 0.106. The van der Waals surface area contributed by atoms with Gasteiger partial charge in [0.25, 0.3) is 0 Å². The molecule has 0 aliphatic carbocycles. The lowest BCUT2D eigenvalue weighted by Gasteiger charge is -2.24. The van der Waals surface area contributed by atoms with Crippen LogP contribution < -0.4 is 0 Å². The van der Waals surface area contributed by atoms with Gasteiger partial charge in [0.05, 0.1) is 16.1 Å². The van der Waals surface area contributed by atoms with Crippen LogP contribution in [0.15, 0.2) is 60.7 Å². The molecule has 0 N–H and O–H groups in total. The Hall–Kier alpha value is -1.65. The van der Waals surface area contributed by atoms with Gasteiger partial charge in [-0.2, -0.15) is 0 Å². The van der Waals surface area contributed by atoms with Crippen molar-refractivity contribution in [3.63, 3.8) is 0 Å². The molecule has 134 valence electrons. The van der Waals surface area contributed by atoms with Crippen LogP contribution in [0.5, 0.6) is 0 Å². The van der Waals surface area contributed by atoms with Crippen molar-refractivity contribution in [2.75, 3.05) is 0 Å². The number of benzene rings is 2. The van der Waals surface area contributed by atoms with Gasteiger partial charge in [-0.05, 0) is 23.3 Å². The van der Waals surface area contributed by atoms with Gasteiger partial charge in [0.2, 0.25) is 0 Å². The van der Waals surface area contributed by atoms with Crippen LogP contribution in [0.25, 0.3) is 0 Å². The van der Waals surface area contributed by atoms with Crippen LogP contribution in [0.1, 0.15) is 23.0 Å². The molecule has 0 aliphatic heterocycles. The van der Waals surface area contributed by atoms with E-state index in [1.165, 1.54) is 11.1 Å². The van der Waals surface area contributed by atoms with E-state index < -0.39 is 16.1 Å². The third-order valence-corrected chi connectivity index (χ3v) is 5.64. The minimum Gasteiger partial charge on any atom is -0.0656 e. The summed E-state index contributed by atoms with van der Waals surface area (Å²) in [6, 6.07) is 21.3. The highest BCUT2D eigenvalue weighted by molar-refractivity contribution is 6.79. The molecule has 0 aromatic heterocycles. The van der Waals surface area contributed by atoms with Gasteiger partial charge < -0.3 is 0 Å². The van der Waals surface area contributed by atoms with E-state index in [2.05, 4.69) is 123 Å². The number of rotatable bonds is 7. The van der Waals surface area contributed by atoms with Crippen molar-refractivity contribution in [1.82, 2.24) is 0 Å². The molecule has 2 aromatic carbocycles. The van der Waals surface area contributed by atoms with Crippen molar-refractivity contribution in [3.05, 3.63) is 95.3 Å². The maximum Gasteiger partial charge on any atom is 0.0778 e. The highest BCUT2D eigenvalue weighted by Gasteiger charge is 2.24. The van der Waals surface area contributed by atoms with Gasteiger partial charge in [-0.25, -0.2) is 0 Å². The standard InChI is InChI=1S/C24H30Si2/c1-25(2,3)19-17-23(21-13-9-7-10-14-21)24(18-20-26(4,5)6)22-15-11-8-12-16-22/h7-16,23-24H,1-6H3/t23-,24-/m0/s1. The summed E-state index contributed by atoms with van der Waals surface area (Å²) in [7, 11) is -2.92. The summed E-state index contributed by atoms with van der Waals surface area (Å²) in [6.07, 6.45) is 7.27.